The first-order valence-corrected chi connectivity index (χ1v) is 9.28. The monoisotopic (exact) mass is 446 g/mol. The number of nitrogens with zero attached hydrogens (tertiary/aromatic N) is 1. The topological polar surface area (TPSA) is 124 Å². The van der Waals surface area contributed by atoms with E-state index in [4.69, 9.17) is 9.90 Å². The Hall–Kier alpha value is -4.15. The van der Waals surface area contributed by atoms with Gasteiger partial charge in [0.2, 0.25) is 0 Å². The summed E-state index contributed by atoms with van der Waals surface area (Å²) in [4.78, 5) is 40.6. The van der Waals surface area contributed by atoms with Gasteiger partial charge in [-0.1, -0.05) is 18.2 Å². The molecule has 0 aliphatic carbocycles. The number of carbonyl (C=O) groups is 3. The van der Waals surface area contributed by atoms with Crippen LogP contribution in [0.3, 0.4) is 0 Å². The van der Waals surface area contributed by atoms with Gasteiger partial charge >= 0.3 is 12.1 Å². The number of hydrogen-bond donors (Lipinski definition) is 4. The first kappa shape index (κ1) is 22.5. The van der Waals surface area contributed by atoms with Crippen LogP contribution < -0.4 is 10.6 Å². The highest BCUT2D eigenvalue weighted by Crippen LogP contribution is 2.24. The van der Waals surface area contributed by atoms with Gasteiger partial charge in [-0.3, -0.25) is 14.6 Å². The van der Waals surface area contributed by atoms with Crippen LogP contribution in [0.25, 0.3) is 11.3 Å². The lowest BCUT2D eigenvalue weighted by Gasteiger charge is -2.10. The van der Waals surface area contributed by atoms with Crippen LogP contribution in [0, 0.1) is 0 Å². The molecule has 1 aliphatic heterocycles. The number of anilines is 1. The largest absolute Gasteiger partial charge is 0.490 e. The third-order valence-electron chi connectivity index (χ3n) is 4.38. The van der Waals surface area contributed by atoms with Crippen molar-refractivity contribution < 1.29 is 32.7 Å². The average Bonchev–Trinajstić information content (AvgIpc) is 3.20. The maximum absolute atomic E-state index is 12.4. The van der Waals surface area contributed by atoms with Crippen LogP contribution in [0.1, 0.15) is 26.5 Å². The summed E-state index contributed by atoms with van der Waals surface area (Å²) in [5.74, 6) is -3.10. The predicted molar refractivity (Wildman–Crippen MR) is 108 cm³/mol. The second-order valence-electron chi connectivity index (χ2n) is 6.63. The molecule has 0 radical (unpaired) electrons. The number of aromatic amines is 1. The third-order valence-corrected chi connectivity index (χ3v) is 4.38. The van der Waals surface area contributed by atoms with Crippen molar-refractivity contribution in [3.05, 3.63) is 71.7 Å². The van der Waals surface area contributed by atoms with Crippen molar-refractivity contribution in [2.75, 3.05) is 11.9 Å². The Balaban J connectivity index is 0.000000360. The number of H-pyrrole nitrogens is 1. The molecular formula is C21H17F3N4O4. The van der Waals surface area contributed by atoms with E-state index in [1.54, 1.807) is 12.3 Å². The fourth-order valence-corrected chi connectivity index (χ4v) is 2.89. The summed E-state index contributed by atoms with van der Waals surface area (Å²) in [6.07, 6.45) is -2.72. The number of fused-ring (bicyclic) bond motifs is 1. The second kappa shape index (κ2) is 9.33. The molecule has 3 heterocycles. The SMILES string of the molecule is O=C(Nc1ccccc1)c1cc(-c2cc3c([nH]2)CCNC3=O)ccn1.O=C(O)C(F)(F)F. The van der Waals surface area contributed by atoms with Gasteiger partial charge in [0.25, 0.3) is 11.8 Å². The number of pyridine rings is 1. The highest BCUT2D eigenvalue weighted by Gasteiger charge is 2.38. The van der Waals surface area contributed by atoms with Gasteiger partial charge in [-0.25, -0.2) is 4.79 Å². The average molecular weight is 446 g/mol. The standard InChI is InChI=1S/C19H16N4O2.C2HF3O2/c24-18-14-11-16(23-15(14)7-9-21-18)12-6-8-20-17(10-12)19(25)22-13-4-2-1-3-5-13;3-2(4,5)1(6)7/h1-6,8,10-11,23H,7,9H2,(H,21,24)(H,22,25);(H,6,7). The van der Waals surface area contributed by atoms with Gasteiger partial charge in [0.1, 0.15) is 5.69 Å². The number of rotatable bonds is 3. The van der Waals surface area contributed by atoms with Crippen LogP contribution in [-0.4, -0.2) is 45.6 Å². The Bertz CT molecular complexity index is 1140. The van der Waals surface area contributed by atoms with Crippen LogP contribution in [0.4, 0.5) is 18.9 Å². The van der Waals surface area contributed by atoms with E-state index in [0.29, 0.717) is 23.5 Å². The van der Waals surface area contributed by atoms with E-state index in [0.717, 1.165) is 23.4 Å². The van der Waals surface area contributed by atoms with Crippen molar-refractivity contribution in [3.63, 3.8) is 0 Å². The van der Waals surface area contributed by atoms with Crippen LogP contribution in [0.2, 0.25) is 0 Å². The number of hydrogen-bond acceptors (Lipinski definition) is 4. The Morgan fingerprint density at radius 1 is 1.09 bits per heavy atom. The van der Waals surface area contributed by atoms with Crippen molar-refractivity contribution in [1.82, 2.24) is 15.3 Å². The maximum Gasteiger partial charge on any atom is 0.490 e. The highest BCUT2D eigenvalue weighted by molar-refractivity contribution is 6.03. The van der Waals surface area contributed by atoms with Crippen molar-refractivity contribution >= 4 is 23.5 Å². The maximum atomic E-state index is 12.4. The summed E-state index contributed by atoms with van der Waals surface area (Å²) in [5, 5.41) is 12.8. The molecule has 2 amide bonds. The fraction of sp³-hybridized carbons (Fsp3) is 0.143. The molecule has 32 heavy (non-hydrogen) atoms. The Labute approximate surface area is 179 Å². The molecule has 1 aromatic carbocycles. The molecule has 0 saturated carbocycles. The van der Waals surface area contributed by atoms with Gasteiger partial charge in [-0.2, -0.15) is 13.2 Å². The number of para-hydroxylation sites is 1. The van der Waals surface area contributed by atoms with Crippen molar-refractivity contribution in [2.45, 2.75) is 12.6 Å². The molecule has 2 aromatic heterocycles. The van der Waals surface area contributed by atoms with E-state index >= 15 is 0 Å². The van der Waals surface area contributed by atoms with Crippen LogP contribution in [0.5, 0.6) is 0 Å². The molecule has 0 fully saturated rings. The summed E-state index contributed by atoms with van der Waals surface area (Å²) < 4.78 is 31.7. The number of alkyl halides is 3. The van der Waals surface area contributed by atoms with Crippen LogP contribution in [-0.2, 0) is 11.2 Å². The summed E-state index contributed by atoms with van der Waals surface area (Å²) in [5.41, 5.74) is 4.23. The number of benzene rings is 1. The zero-order valence-corrected chi connectivity index (χ0v) is 16.4. The van der Waals surface area contributed by atoms with Crippen LogP contribution >= 0.6 is 0 Å². The minimum atomic E-state index is -5.08. The Morgan fingerprint density at radius 3 is 2.41 bits per heavy atom. The first-order valence-electron chi connectivity index (χ1n) is 9.28. The van der Waals surface area contributed by atoms with E-state index in [1.807, 2.05) is 42.5 Å². The summed E-state index contributed by atoms with van der Waals surface area (Å²) in [7, 11) is 0. The van der Waals surface area contributed by atoms with E-state index < -0.39 is 12.1 Å². The van der Waals surface area contributed by atoms with Gasteiger partial charge in [-0.05, 0) is 30.3 Å². The molecule has 0 spiro atoms. The van der Waals surface area contributed by atoms with Gasteiger partial charge in [-0.15, -0.1) is 0 Å². The molecule has 4 rings (SSSR count). The van der Waals surface area contributed by atoms with E-state index in [-0.39, 0.29) is 11.8 Å². The van der Waals surface area contributed by atoms with Crippen molar-refractivity contribution in [1.29, 1.82) is 0 Å². The number of nitrogens with one attached hydrogen (secondary N) is 3. The first-order chi connectivity index (χ1) is 15.1. The molecule has 0 atom stereocenters. The van der Waals surface area contributed by atoms with Gasteiger partial charge in [0.05, 0.1) is 5.56 Å². The lowest BCUT2D eigenvalue weighted by Crippen LogP contribution is -2.31. The number of aromatic nitrogens is 2. The Kier molecular flexibility index (Phi) is 6.57. The van der Waals surface area contributed by atoms with E-state index in [2.05, 4.69) is 20.6 Å². The molecule has 0 bridgehead atoms. The smallest absolute Gasteiger partial charge is 0.475 e. The van der Waals surface area contributed by atoms with Crippen molar-refractivity contribution in [3.8, 4) is 11.3 Å². The molecule has 0 saturated heterocycles. The predicted octanol–water partition coefficient (Wildman–Crippen LogP) is 3.25. The quantitative estimate of drug-likeness (QED) is 0.492. The lowest BCUT2D eigenvalue weighted by atomic mass is 10.1. The number of halogens is 3. The van der Waals surface area contributed by atoms with Gasteiger partial charge < -0.3 is 20.7 Å². The second-order valence-corrected chi connectivity index (χ2v) is 6.63. The number of aliphatic carboxylic acids is 1. The molecule has 4 N–H and O–H groups in total. The Morgan fingerprint density at radius 2 is 1.78 bits per heavy atom. The minimum Gasteiger partial charge on any atom is -0.475 e. The molecular weight excluding hydrogens is 429 g/mol. The van der Waals surface area contributed by atoms with Crippen molar-refractivity contribution in [2.24, 2.45) is 0 Å². The zero-order valence-electron chi connectivity index (χ0n) is 16.4. The summed E-state index contributed by atoms with van der Waals surface area (Å²) in [6, 6.07) is 14.6. The zero-order chi connectivity index (χ0) is 23.3. The van der Waals surface area contributed by atoms with E-state index in [9.17, 15) is 22.8 Å². The molecule has 166 valence electrons. The highest BCUT2D eigenvalue weighted by atomic mass is 19.4. The van der Waals surface area contributed by atoms with Gasteiger partial charge in [0.15, 0.2) is 0 Å². The molecule has 3 aromatic rings. The normalized spacial score (nSPS) is 12.7. The number of amides is 2. The number of carbonyl (C=O) groups excluding carboxylic acids is 2. The minimum absolute atomic E-state index is 0.0696. The lowest BCUT2D eigenvalue weighted by molar-refractivity contribution is -0.192. The summed E-state index contributed by atoms with van der Waals surface area (Å²) in [6.45, 7) is 0.632. The van der Waals surface area contributed by atoms with Crippen LogP contribution in [0.15, 0.2) is 54.7 Å². The summed E-state index contributed by atoms with van der Waals surface area (Å²) >= 11 is 0. The molecule has 11 heteroatoms. The molecule has 1 aliphatic rings. The number of carboxylic acids is 1. The molecule has 8 nitrogen and oxygen atoms in total. The van der Waals surface area contributed by atoms with E-state index in [1.165, 1.54) is 0 Å². The third kappa shape index (κ3) is 5.50. The van der Waals surface area contributed by atoms with Gasteiger partial charge in [0, 0.05) is 41.8 Å². The number of carboxylic acid groups (broad SMARTS) is 1. The molecule has 0 unspecified atom stereocenters. The fourth-order valence-electron chi connectivity index (χ4n) is 2.89.